The summed E-state index contributed by atoms with van der Waals surface area (Å²) < 4.78 is 0. The molecule has 0 heterocycles. The summed E-state index contributed by atoms with van der Waals surface area (Å²) in [7, 11) is 0. The van der Waals surface area contributed by atoms with E-state index in [2.05, 4.69) is 0 Å². The third-order valence-corrected chi connectivity index (χ3v) is 0. The van der Waals surface area contributed by atoms with E-state index >= 15 is 0 Å². The molecule has 0 aromatic rings. The topological polar surface area (TPSA) is 0 Å². The zero-order valence-corrected chi connectivity index (χ0v) is 11.2. The second-order valence-corrected chi connectivity index (χ2v) is 0. The zero-order valence-electron chi connectivity index (χ0n) is 1.99. The van der Waals surface area contributed by atoms with E-state index in [4.69, 9.17) is 0 Å². The van der Waals surface area contributed by atoms with Crippen LogP contribution in [-0.4, -0.2) is 25.8 Å². The first-order valence-electron chi connectivity index (χ1n) is 0. The van der Waals surface area contributed by atoms with Gasteiger partial charge in [-0.15, -0.1) is 0 Å². The number of hydrogen-bond acceptors (Lipinski definition) is 0. The molecule has 0 bridgehead atoms. The van der Waals surface area contributed by atoms with Crippen LogP contribution in [-0.2, 0) is 57.6 Å². The Labute approximate surface area is 82.1 Å². The van der Waals surface area contributed by atoms with E-state index in [9.17, 15) is 0 Å². The van der Waals surface area contributed by atoms with Crippen molar-refractivity contribution in [3.8, 4) is 0 Å². The van der Waals surface area contributed by atoms with Crippen LogP contribution < -0.4 is 0 Å². The molecule has 0 aliphatic heterocycles. The third-order valence-electron chi connectivity index (χ3n) is 0. The Kier molecular flexibility index (Phi) is 129. The van der Waals surface area contributed by atoms with E-state index in [0.717, 1.165) is 0 Å². The molecule has 4 heteroatoms. The van der Waals surface area contributed by atoms with Crippen LogP contribution in [0, 0.1) is 0 Å². The minimum atomic E-state index is 0. The van der Waals surface area contributed by atoms with Gasteiger partial charge in [-0.3, -0.25) is 0 Å². The third kappa shape index (κ3) is 8.83. The van der Waals surface area contributed by atoms with Gasteiger partial charge in [0.05, 0.1) is 0 Å². The predicted octanol–water partition coefficient (Wildman–Crippen LogP) is -0.388. The molecule has 0 nitrogen and oxygen atoms in total. The molecule has 0 rings (SSSR count). The fourth-order valence-corrected chi connectivity index (χ4v) is 0. The van der Waals surface area contributed by atoms with Gasteiger partial charge < -0.3 is 0 Å². The average Bonchev–Trinajstić information content (AvgIpc) is 0. The minimum absolute atomic E-state index is 0. The van der Waals surface area contributed by atoms with Crippen molar-refractivity contribution >= 4 is 25.8 Å². The van der Waals surface area contributed by atoms with Crippen LogP contribution in [0.5, 0.6) is 0 Å². The Bertz CT molecular complexity index is 8.00. The molecule has 0 saturated heterocycles. The van der Waals surface area contributed by atoms with Gasteiger partial charge in [-0.25, -0.2) is 0 Å². The Morgan fingerprint density at radius 2 is 1.00 bits per heavy atom. The van der Waals surface area contributed by atoms with Gasteiger partial charge in [-0.1, -0.05) is 0 Å². The molecule has 0 aromatic carbocycles. The van der Waals surface area contributed by atoms with Crippen LogP contribution in [0.25, 0.3) is 0 Å². The van der Waals surface area contributed by atoms with Gasteiger partial charge in [0, 0.05) is 83.5 Å². The second-order valence-electron chi connectivity index (χ2n) is 0. The van der Waals surface area contributed by atoms with Crippen molar-refractivity contribution in [1.82, 2.24) is 0 Å². The summed E-state index contributed by atoms with van der Waals surface area (Å²) in [5.41, 5.74) is 0. The SMILES string of the molecule is [Cu].[In].[Mo].[Zn]. The van der Waals surface area contributed by atoms with E-state index < -0.39 is 0 Å². The molecule has 0 N–H and O–H groups in total. The molecular formula is CuInMoZn. The maximum Gasteiger partial charge on any atom is 0 e. The summed E-state index contributed by atoms with van der Waals surface area (Å²) in [5, 5.41) is 0. The monoisotopic (exact) mass is 340 g/mol. The summed E-state index contributed by atoms with van der Waals surface area (Å²) in [6.45, 7) is 0. The fourth-order valence-electron chi connectivity index (χ4n) is 0. The summed E-state index contributed by atoms with van der Waals surface area (Å²) in [4.78, 5) is 0. The molecule has 0 atom stereocenters. The first kappa shape index (κ1) is 29.9. The normalized spacial score (nSPS) is 0. The van der Waals surface area contributed by atoms with E-state index in [1.807, 2.05) is 0 Å². The van der Waals surface area contributed by atoms with Gasteiger partial charge in [0.2, 0.25) is 0 Å². The molecule has 0 aromatic heterocycles. The van der Waals surface area contributed by atoms with Crippen LogP contribution in [0.1, 0.15) is 0 Å². The molecule has 0 fully saturated rings. The van der Waals surface area contributed by atoms with Crippen molar-refractivity contribution < 1.29 is 57.6 Å². The van der Waals surface area contributed by atoms with Gasteiger partial charge in [-0.2, -0.15) is 0 Å². The molecular weight excluding hydrogens is 340 g/mol. The molecule has 0 saturated carbocycles. The first-order chi connectivity index (χ1) is 0. The number of rotatable bonds is 0. The van der Waals surface area contributed by atoms with Crippen molar-refractivity contribution in [2.75, 3.05) is 0 Å². The van der Waals surface area contributed by atoms with E-state index in [1.54, 1.807) is 0 Å². The molecule has 0 spiro atoms. The number of hydrogen-bond donors (Lipinski definition) is 0. The van der Waals surface area contributed by atoms with Crippen molar-refractivity contribution in [3.05, 3.63) is 0 Å². The van der Waals surface area contributed by atoms with Crippen LogP contribution in [0.3, 0.4) is 0 Å². The van der Waals surface area contributed by atoms with Gasteiger partial charge in [0.15, 0.2) is 0 Å². The van der Waals surface area contributed by atoms with Crippen LogP contribution in [0.4, 0.5) is 0 Å². The Balaban J connectivity index is 0. The Morgan fingerprint density at radius 1 is 1.00 bits per heavy atom. The molecule has 0 unspecified atom stereocenters. The predicted molar refractivity (Wildman–Crippen MR) is 5.75 cm³/mol. The van der Waals surface area contributed by atoms with Gasteiger partial charge >= 0.3 is 0 Å². The van der Waals surface area contributed by atoms with E-state index in [1.165, 1.54) is 0 Å². The Morgan fingerprint density at radius 3 is 1.00 bits per heavy atom. The maximum absolute atomic E-state index is 0. The standard InChI is InChI=1S/Cu.In.Mo.Zn. The quantitative estimate of drug-likeness (QED) is 0.528. The molecule has 0 aliphatic rings. The second kappa shape index (κ2) is 17.3. The van der Waals surface area contributed by atoms with Crippen molar-refractivity contribution in [3.63, 3.8) is 0 Å². The summed E-state index contributed by atoms with van der Waals surface area (Å²) in [6.07, 6.45) is 0. The molecule has 4 radical (unpaired) electrons. The Hall–Kier alpha value is 2.70. The molecule has 22 valence electrons. The molecule has 0 amide bonds. The molecule has 4 heavy (non-hydrogen) atoms. The van der Waals surface area contributed by atoms with Gasteiger partial charge in [0.1, 0.15) is 0 Å². The zero-order chi connectivity index (χ0) is 0. The van der Waals surface area contributed by atoms with Crippen molar-refractivity contribution in [2.45, 2.75) is 0 Å². The summed E-state index contributed by atoms with van der Waals surface area (Å²) >= 11 is 0. The first-order valence-corrected chi connectivity index (χ1v) is 0. The minimum Gasteiger partial charge on any atom is 0 e. The fraction of sp³-hybridized carbons (Fsp3) is 0. The largest absolute Gasteiger partial charge is 0 e. The smallest absolute Gasteiger partial charge is 0 e. The van der Waals surface area contributed by atoms with Crippen LogP contribution in [0.15, 0.2) is 0 Å². The van der Waals surface area contributed by atoms with Crippen LogP contribution in [0.2, 0.25) is 0 Å². The van der Waals surface area contributed by atoms with Crippen molar-refractivity contribution in [2.24, 2.45) is 0 Å². The van der Waals surface area contributed by atoms with Crippen molar-refractivity contribution in [1.29, 1.82) is 0 Å². The summed E-state index contributed by atoms with van der Waals surface area (Å²) in [5.74, 6) is 0. The van der Waals surface area contributed by atoms with E-state index in [-0.39, 0.29) is 83.5 Å². The average molecular weight is 340 g/mol. The summed E-state index contributed by atoms with van der Waals surface area (Å²) in [6, 6.07) is 0. The van der Waals surface area contributed by atoms with Gasteiger partial charge in [-0.05, 0) is 0 Å². The molecule has 0 aliphatic carbocycles. The van der Waals surface area contributed by atoms with Crippen LogP contribution >= 0.6 is 0 Å². The maximum atomic E-state index is 0. The van der Waals surface area contributed by atoms with Gasteiger partial charge in [0.25, 0.3) is 0 Å². The van der Waals surface area contributed by atoms with E-state index in [0.29, 0.717) is 0 Å².